The van der Waals surface area contributed by atoms with Crippen molar-refractivity contribution in [2.75, 3.05) is 6.61 Å². The summed E-state index contributed by atoms with van der Waals surface area (Å²) in [7, 11) is 0. The van der Waals surface area contributed by atoms with Crippen molar-refractivity contribution in [3.05, 3.63) is 0 Å². The van der Waals surface area contributed by atoms with Crippen LogP contribution in [0.3, 0.4) is 0 Å². The number of hydrogen-bond donors (Lipinski definition) is 3. The molecule has 4 heteroatoms. The lowest BCUT2D eigenvalue weighted by atomic mass is 9.99. The first-order valence-electron chi connectivity index (χ1n) is 5.17. The Balaban J connectivity index is 4.15. The molecule has 0 rings (SSSR count). The second kappa shape index (κ2) is 5.98. The van der Waals surface area contributed by atoms with Gasteiger partial charge in [-0.25, -0.2) is 0 Å². The van der Waals surface area contributed by atoms with Crippen molar-refractivity contribution in [1.29, 1.82) is 0 Å². The first kappa shape index (κ1) is 13.4. The van der Waals surface area contributed by atoms with Crippen LogP contribution >= 0.6 is 0 Å². The Morgan fingerprint density at radius 2 is 2.14 bits per heavy atom. The normalized spacial score (nSPS) is 17.2. The molecule has 0 bridgehead atoms. The molecule has 0 saturated carbocycles. The van der Waals surface area contributed by atoms with Gasteiger partial charge in [-0.15, -0.1) is 0 Å². The van der Waals surface area contributed by atoms with E-state index in [0.29, 0.717) is 12.8 Å². The molecule has 0 aromatic heterocycles. The molecule has 4 N–H and O–H groups in total. The van der Waals surface area contributed by atoms with Gasteiger partial charge in [-0.2, -0.15) is 0 Å². The highest BCUT2D eigenvalue weighted by atomic mass is 16.3. The van der Waals surface area contributed by atoms with E-state index in [-0.39, 0.29) is 12.5 Å². The van der Waals surface area contributed by atoms with Crippen molar-refractivity contribution in [1.82, 2.24) is 5.32 Å². The summed E-state index contributed by atoms with van der Waals surface area (Å²) in [5.74, 6) is -0.176. The maximum atomic E-state index is 11.5. The van der Waals surface area contributed by atoms with Crippen LogP contribution in [0, 0.1) is 0 Å². The van der Waals surface area contributed by atoms with Gasteiger partial charge in [0.15, 0.2) is 0 Å². The summed E-state index contributed by atoms with van der Waals surface area (Å²) in [5, 5.41) is 11.9. The predicted molar refractivity (Wildman–Crippen MR) is 56.8 cm³/mol. The Bertz CT molecular complexity index is 179. The molecule has 0 aliphatic rings. The summed E-state index contributed by atoms with van der Waals surface area (Å²) < 4.78 is 0. The zero-order valence-corrected chi connectivity index (χ0v) is 9.34. The first-order valence-corrected chi connectivity index (χ1v) is 5.17. The number of nitrogens with two attached hydrogens (primary N) is 1. The molecule has 1 amide bonds. The highest BCUT2D eigenvalue weighted by Gasteiger charge is 2.25. The van der Waals surface area contributed by atoms with Crippen LogP contribution in [0.15, 0.2) is 0 Å². The number of aliphatic hydroxyl groups is 1. The molecule has 0 radical (unpaired) electrons. The number of nitrogens with one attached hydrogen (secondary N) is 1. The van der Waals surface area contributed by atoms with E-state index < -0.39 is 11.6 Å². The van der Waals surface area contributed by atoms with Crippen LogP contribution in [0.25, 0.3) is 0 Å². The van der Waals surface area contributed by atoms with Crippen molar-refractivity contribution in [2.45, 2.75) is 51.6 Å². The zero-order chi connectivity index (χ0) is 11.2. The molecule has 0 aliphatic carbocycles. The van der Waals surface area contributed by atoms with E-state index in [9.17, 15) is 4.79 Å². The summed E-state index contributed by atoms with van der Waals surface area (Å²) in [6, 6.07) is -0.461. The van der Waals surface area contributed by atoms with Gasteiger partial charge in [-0.05, 0) is 19.8 Å². The molecule has 0 saturated heterocycles. The van der Waals surface area contributed by atoms with Crippen LogP contribution in [0.2, 0.25) is 0 Å². The van der Waals surface area contributed by atoms with Gasteiger partial charge in [-0.1, -0.05) is 20.3 Å². The van der Waals surface area contributed by atoms with Crippen molar-refractivity contribution in [3.63, 3.8) is 0 Å². The number of rotatable bonds is 6. The summed E-state index contributed by atoms with van der Waals surface area (Å²) in [4.78, 5) is 11.5. The second-order valence-electron chi connectivity index (χ2n) is 3.96. The Hall–Kier alpha value is -0.610. The molecule has 14 heavy (non-hydrogen) atoms. The standard InChI is InChI=1S/C10H22N2O2/c1-4-6-8(11)9(14)12-10(3,5-2)7-13/h8,13H,4-7,11H2,1-3H3,(H,12,14)/t8-,10?/m0/s1. The number of hydrogen-bond acceptors (Lipinski definition) is 3. The summed E-state index contributed by atoms with van der Waals surface area (Å²) in [6.07, 6.45) is 2.25. The van der Waals surface area contributed by atoms with Gasteiger partial charge in [-0.3, -0.25) is 4.79 Å². The van der Waals surface area contributed by atoms with Gasteiger partial charge in [0, 0.05) is 0 Å². The monoisotopic (exact) mass is 202 g/mol. The molecule has 0 aliphatic heterocycles. The van der Waals surface area contributed by atoms with E-state index in [1.807, 2.05) is 20.8 Å². The minimum atomic E-state index is -0.539. The molecule has 2 atom stereocenters. The fourth-order valence-corrected chi connectivity index (χ4v) is 1.07. The molecule has 0 spiro atoms. The number of amides is 1. The Morgan fingerprint density at radius 3 is 2.50 bits per heavy atom. The van der Waals surface area contributed by atoms with Gasteiger partial charge >= 0.3 is 0 Å². The second-order valence-corrected chi connectivity index (χ2v) is 3.96. The lowest BCUT2D eigenvalue weighted by Gasteiger charge is -2.28. The van der Waals surface area contributed by atoms with Crippen LogP contribution < -0.4 is 11.1 Å². The third kappa shape index (κ3) is 4.07. The number of carbonyl (C=O) groups is 1. The summed E-state index contributed by atoms with van der Waals surface area (Å²) in [6.45, 7) is 5.65. The Labute approximate surface area is 85.9 Å². The topological polar surface area (TPSA) is 75.4 Å². The smallest absolute Gasteiger partial charge is 0.237 e. The van der Waals surface area contributed by atoms with E-state index in [1.54, 1.807) is 0 Å². The minimum Gasteiger partial charge on any atom is -0.394 e. The van der Waals surface area contributed by atoms with Crippen molar-refractivity contribution < 1.29 is 9.90 Å². The van der Waals surface area contributed by atoms with Crippen LogP contribution in [-0.2, 0) is 4.79 Å². The molecule has 0 aromatic rings. The molecule has 4 nitrogen and oxygen atoms in total. The fourth-order valence-electron chi connectivity index (χ4n) is 1.07. The minimum absolute atomic E-state index is 0.0614. The van der Waals surface area contributed by atoms with Gasteiger partial charge in [0.1, 0.15) is 0 Å². The fraction of sp³-hybridized carbons (Fsp3) is 0.900. The summed E-state index contributed by atoms with van der Waals surface area (Å²) >= 11 is 0. The highest BCUT2D eigenvalue weighted by Crippen LogP contribution is 2.08. The largest absolute Gasteiger partial charge is 0.394 e. The maximum Gasteiger partial charge on any atom is 0.237 e. The van der Waals surface area contributed by atoms with E-state index in [2.05, 4.69) is 5.32 Å². The average Bonchev–Trinajstić information content (AvgIpc) is 2.18. The molecule has 0 aromatic carbocycles. The van der Waals surface area contributed by atoms with Gasteiger partial charge in [0.25, 0.3) is 0 Å². The average molecular weight is 202 g/mol. The molecule has 0 fully saturated rings. The zero-order valence-electron chi connectivity index (χ0n) is 9.34. The molecule has 1 unspecified atom stereocenters. The van der Waals surface area contributed by atoms with Crippen LogP contribution in [-0.4, -0.2) is 29.2 Å². The Kier molecular flexibility index (Phi) is 5.72. The van der Waals surface area contributed by atoms with Crippen molar-refractivity contribution in [2.24, 2.45) is 5.73 Å². The first-order chi connectivity index (χ1) is 6.49. The van der Waals surface area contributed by atoms with E-state index in [1.165, 1.54) is 0 Å². The third-order valence-corrected chi connectivity index (χ3v) is 2.49. The van der Waals surface area contributed by atoms with Gasteiger partial charge < -0.3 is 16.2 Å². The number of aliphatic hydroxyl groups excluding tert-OH is 1. The van der Waals surface area contributed by atoms with Crippen LogP contribution in [0.4, 0.5) is 0 Å². The van der Waals surface area contributed by atoms with E-state index in [0.717, 1.165) is 6.42 Å². The van der Waals surface area contributed by atoms with Gasteiger partial charge in [0.2, 0.25) is 5.91 Å². The van der Waals surface area contributed by atoms with E-state index in [4.69, 9.17) is 10.8 Å². The lowest BCUT2D eigenvalue weighted by Crippen LogP contribution is -2.53. The third-order valence-electron chi connectivity index (χ3n) is 2.49. The Morgan fingerprint density at radius 1 is 1.57 bits per heavy atom. The quantitative estimate of drug-likeness (QED) is 0.583. The predicted octanol–water partition coefficient (Wildman–Crippen LogP) is 0.391. The number of carbonyl (C=O) groups excluding carboxylic acids is 1. The van der Waals surface area contributed by atoms with Gasteiger partial charge in [0.05, 0.1) is 18.2 Å². The molecular weight excluding hydrogens is 180 g/mol. The lowest BCUT2D eigenvalue weighted by molar-refractivity contribution is -0.124. The SMILES string of the molecule is CCC[C@H](N)C(=O)NC(C)(CC)CO. The maximum absolute atomic E-state index is 11.5. The molecule has 84 valence electrons. The highest BCUT2D eigenvalue weighted by molar-refractivity contribution is 5.82. The molecular formula is C10H22N2O2. The van der Waals surface area contributed by atoms with E-state index >= 15 is 0 Å². The van der Waals surface area contributed by atoms with Crippen molar-refractivity contribution >= 4 is 5.91 Å². The summed E-state index contributed by atoms with van der Waals surface area (Å²) in [5.41, 5.74) is 5.11. The van der Waals surface area contributed by atoms with Crippen LogP contribution in [0.5, 0.6) is 0 Å². The van der Waals surface area contributed by atoms with Crippen molar-refractivity contribution in [3.8, 4) is 0 Å². The molecule has 0 heterocycles. The van der Waals surface area contributed by atoms with Crippen LogP contribution in [0.1, 0.15) is 40.0 Å².